The van der Waals surface area contributed by atoms with E-state index < -0.39 is 0 Å². The first-order valence-electron chi connectivity index (χ1n) is 8.76. The van der Waals surface area contributed by atoms with Crippen molar-refractivity contribution < 1.29 is 4.79 Å². The second kappa shape index (κ2) is 6.00. The highest BCUT2D eigenvalue weighted by Gasteiger charge is 2.51. The molecule has 4 aliphatic carbocycles. The molecule has 1 aromatic rings. The first kappa shape index (κ1) is 15.8. The third-order valence-corrected chi connectivity index (χ3v) is 7.29. The molecule has 0 saturated heterocycles. The summed E-state index contributed by atoms with van der Waals surface area (Å²) in [6.45, 7) is 2.01. The number of amides is 1. The molecule has 4 heteroatoms. The van der Waals surface area contributed by atoms with Crippen LogP contribution in [0.2, 0.25) is 5.02 Å². The summed E-state index contributed by atoms with van der Waals surface area (Å²) in [6, 6.07) is 7.74. The van der Waals surface area contributed by atoms with Crippen molar-refractivity contribution in [3.05, 3.63) is 29.3 Å². The molecule has 4 saturated carbocycles. The van der Waals surface area contributed by atoms with Gasteiger partial charge in [0.05, 0.1) is 5.25 Å². The number of carbonyl (C=O) groups is 1. The molecular formula is C19H24ClNOS. The van der Waals surface area contributed by atoms with Crippen LogP contribution in [-0.2, 0) is 4.79 Å². The number of carbonyl (C=O) groups excluding carboxylic acids is 1. The van der Waals surface area contributed by atoms with Gasteiger partial charge in [-0.1, -0.05) is 11.6 Å². The first-order chi connectivity index (χ1) is 11.0. The summed E-state index contributed by atoms with van der Waals surface area (Å²) in [5.41, 5.74) is 0.112. The molecule has 4 fully saturated rings. The minimum absolute atomic E-state index is 0.0656. The standard InChI is InChI=1S/C19H24ClNOS/c1-12(23-17-4-2-16(20)3-5-17)18(22)21-19-9-13-6-14(10-19)8-15(7-13)11-19/h2-5,12-15H,6-11H2,1H3,(H,21,22)/t12-,13?,14?,15?,19?/m0/s1. The Bertz CT molecular complexity index is 565. The molecule has 0 spiro atoms. The van der Waals surface area contributed by atoms with Crippen molar-refractivity contribution >= 4 is 29.3 Å². The molecule has 0 aromatic heterocycles. The Balaban J connectivity index is 1.40. The van der Waals surface area contributed by atoms with Crippen LogP contribution >= 0.6 is 23.4 Å². The van der Waals surface area contributed by atoms with Crippen LogP contribution in [0.1, 0.15) is 45.4 Å². The summed E-state index contributed by atoms with van der Waals surface area (Å²) in [5, 5.41) is 4.14. The average molecular weight is 350 g/mol. The molecule has 124 valence electrons. The van der Waals surface area contributed by atoms with Gasteiger partial charge in [-0.15, -0.1) is 11.8 Å². The molecular weight excluding hydrogens is 326 g/mol. The summed E-state index contributed by atoms with van der Waals surface area (Å²) in [5.74, 6) is 2.79. The van der Waals surface area contributed by atoms with Gasteiger partial charge in [-0.05, 0) is 87.5 Å². The highest BCUT2D eigenvalue weighted by molar-refractivity contribution is 8.00. The molecule has 1 amide bonds. The molecule has 0 radical (unpaired) electrons. The van der Waals surface area contributed by atoms with E-state index in [1.165, 1.54) is 38.5 Å². The lowest BCUT2D eigenvalue weighted by molar-refractivity contribution is -0.126. The summed E-state index contributed by atoms with van der Waals surface area (Å²) in [6.07, 6.45) is 7.85. The van der Waals surface area contributed by atoms with Gasteiger partial charge in [0, 0.05) is 15.5 Å². The van der Waals surface area contributed by atoms with E-state index in [1.807, 2.05) is 31.2 Å². The predicted molar refractivity (Wildman–Crippen MR) is 95.8 cm³/mol. The zero-order valence-electron chi connectivity index (χ0n) is 13.6. The fourth-order valence-electron chi connectivity index (χ4n) is 5.40. The monoisotopic (exact) mass is 349 g/mol. The lowest BCUT2D eigenvalue weighted by atomic mass is 9.53. The molecule has 0 heterocycles. The number of nitrogens with one attached hydrogen (secondary N) is 1. The minimum atomic E-state index is -0.0656. The van der Waals surface area contributed by atoms with Gasteiger partial charge in [0.15, 0.2) is 0 Å². The molecule has 5 rings (SSSR count). The number of halogens is 1. The van der Waals surface area contributed by atoms with Crippen LogP contribution in [0.25, 0.3) is 0 Å². The number of rotatable bonds is 4. The second-order valence-electron chi connectivity index (χ2n) is 7.90. The smallest absolute Gasteiger partial charge is 0.233 e. The van der Waals surface area contributed by atoms with Crippen molar-refractivity contribution in [1.29, 1.82) is 0 Å². The molecule has 4 bridgehead atoms. The fraction of sp³-hybridized carbons (Fsp3) is 0.632. The number of hydrogen-bond acceptors (Lipinski definition) is 2. The van der Waals surface area contributed by atoms with Crippen molar-refractivity contribution in [3.8, 4) is 0 Å². The van der Waals surface area contributed by atoms with Crippen LogP contribution in [0.5, 0.6) is 0 Å². The predicted octanol–water partition coefficient (Wildman–Crippen LogP) is 4.91. The molecule has 1 N–H and O–H groups in total. The lowest BCUT2D eigenvalue weighted by Gasteiger charge is -2.57. The summed E-state index contributed by atoms with van der Waals surface area (Å²) >= 11 is 7.54. The van der Waals surface area contributed by atoms with Gasteiger partial charge < -0.3 is 5.32 Å². The maximum atomic E-state index is 12.7. The van der Waals surface area contributed by atoms with Gasteiger partial charge in [-0.3, -0.25) is 4.79 Å². The maximum absolute atomic E-state index is 12.7. The van der Waals surface area contributed by atoms with Gasteiger partial charge >= 0.3 is 0 Å². The summed E-state index contributed by atoms with van der Waals surface area (Å²) in [7, 11) is 0. The van der Waals surface area contributed by atoms with Crippen LogP contribution < -0.4 is 5.32 Å². The summed E-state index contributed by atoms with van der Waals surface area (Å²) in [4.78, 5) is 13.8. The highest BCUT2D eigenvalue weighted by Crippen LogP contribution is 2.55. The summed E-state index contributed by atoms with van der Waals surface area (Å²) < 4.78 is 0. The highest BCUT2D eigenvalue weighted by atomic mass is 35.5. The minimum Gasteiger partial charge on any atom is -0.350 e. The van der Waals surface area contributed by atoms with E-state index in [-0.39, 0.29) is 16.7 Å². The Morgan fingerprint density at radius 1 is 1.13 bits per heavy atom. The molecule has 2 nitrogen and oxygen atoms in total. The Morgan fingerprint density at radius 3 is 2.17 bits per heavy atom. The van der Waals surface area contributed by atoms with E-state index in [9.17, 15) is 4.79 Å². The van der Waals surface area contributed by atoms with Crippen LogP contribution in [0.15, 0.2) is 29.2 Å². The quantitative estimate of drug-likeness (QED) is 0.783. The molecule has 23 heavy (non-hydrogen) atoms. The normalized spacial score (nSPS) is 36.0. The maximum Gasteiger partial charge on any atom is 0.233 e. The zero-order valence-corrected chi connectivity index (χ0v) is 15.1. The third-order valence-electron chi connectivity index (χ3n) is 5.92. The molecule has 1 aromatic carbocycles. The molecule has 0 unspecified atom stereocenters. The molecule has 4 aliphatic rings. The van der Waals surface area contributed by atoms with Crippen molar-refractivity contribution in [2.24, 2.45) is 17.8 Å². The van der Waals surface area contributed by atoms with E-state index in [0.29, 0.717) is 0 Å². The number of benzene rings is 1. The Morgan fingerprint density at radius 2 is 1.65 bits per heavy atom. The van der Waals surface area contributed by atoms with Crippen molar-refractivity contribution in [1.82, 2.24) is 5.32 Å². The lowest BCUT2D eigenvalue weighted by Crippen LogP contribution is -2.60. The topological polar surface area (TPSA) is 29.1 Å². The van der Waals surface area contributed by atoms with Crippen molar-refractivity contribution in [2.45, 2.75) is 61.1 Å². The van der Waals surface area contributed by atoms with Crippen LogP contribution in [0, 0.1) is 17.8 Å². The van der Waals surface area contributed by atoms with Gasteiger partial charge in [0.25, 0.3) is 0 Å². The zero-order chi connectivity index (χ0) is 16.0. The Labute approximate surface area is 147 Å². The van der Waals surface area contributed by atoms with Crippen LogP contribution in [-0.4, -0.2) is 16.7 Å². The first-order valence-corrected chi connectivity index (χ1v) is 10.0. The van der Waals surface area contributed by atoms with Gasteiger partial charge in [-0.2, -0.15) is 0 Å². The van der Waals surface area contributed by atoms with E-state index >= 15 is 0 Å². The van der Waals surface area contributed by atoms with E-state index in [1.54, 1.807) is 11.8 Å². The largest absolute Gasteiger partial charge is 0.350 e. The SMILES string of the molecule is C[C@H](Sc1ccc(Cl)cc1)C(=O)NC12CC3CC(CC(C3)C1)C2. The number of hydrogen-bond donors (Lipinski definition) is 1. The van der Waals surface area contributed by atoms with Crippen LogP contribution in [0.3, 0.4) is 0 Å². The van der Waals surface area contributed by atoms with Gasteiger partial charge in [0.2, 0.25) is 5.91 Å². The third kappa shape index (κ3) is 3.28. The van der Waals surface area contributed by atoms with Crippen LogP contribution in [0.4, 0.5) is 0 Å². The van der Waals surface area contributed by atoms with E-state index in [4.69, 9.17) is 11.6 Å². The molecule has 1 atom stereocenters. The van der Waals surface area contributed by atoms with E-state index in [2.05, 4.69) is 5.32 Å². The van der Waals surface area contributed by atoms with Crippen molar-refractivity contribution in [3.63, 3.8) is 0 Å². The average Bonchev–Trinajstić information content (AvgIpc) is 2.47. The second-order valence-corrected chi connectivity index (χ2v) is 9.75. The Kier molecular flexibility index (Phi) is 4.13. The van der Waals surface area contributed by atoms with Crippen molar-refractivity contribution in [2.75, 3.05) is 0 Å². The van der Waals surface area contributed by atoms with Gasteiger partial charge in [-0.25, -0.2) is 0 Å². The number of thioether (sulfide) groups is 1. The van der Waals surface area contributed by atoms with Gasteiger partial charge in [0.1, 0.15) is 0 Å². The van der Waals surface area contributed by atoms with E-state index in [0.717, 1.165) is 27.7 Å². The molecule has 0 aliphatic heterocycles. The Hall–Kier alpha value is -0.670. The fourth-order valence-corrected chi connectivity index (χ4v) is 6.39.